The van der Waals surface area contributed by atoms with Gasteiger partial charge < -0.3 is 9.57 Å². The fourth-order valence-electron chi connectivity index (χ4n) is 3.98. The number of hydrogen-bond donors (Lipinski definition) is 0. The van der Waals surface area contributed by atoms with Gasteiger partial charge in [0, 0.05) is 37.3 Å². The molecule has 1 atom stereocenters. The van der Waals surface area contributed by atoms with Crippen molar-refractivity contribution in [3.05, 3.63) is 71.9 Å². The van der Waals surface area contributed by atoms with Gasteiger partial charge in [0.1, 0.15) is 5.52 Å². The lowest BCUT2D eigenvalue weighted by atomic mass is 10.1. The zero-order valence-electron chi connectivity index (χ0n) is 18.2. The van der Waals surface area contributed by atoms with Crippen LogP contribution >= 0.6 is 0 Å². The van der Waals surface area contributed by atoms with Gasteiger partial charge in [-0.1, -0.05) is 48.0 Å². The van der Waals surface area contributed by atoms with Crippen LogP contribution in [0, 0.1) is 6.92 Å². The molecule has 0 spiro atoms. The highest BCUT2D eigenvalue weighted by Crippen LogP contribution is 2.25. The van der Waals surface area contributed by atoms with E-state index in [0.717, 1.165) is 36.3 Å². The summed E-state index contributed by atoms with van der Waals surface area (Å²) in [6.07, 6.45) is 2.12. The molecular formula is C25H29N3O3. The van der Waals surface area contributed by atoms with Crippen LogP contribution in [-0.4, -0.2) is 53.2 Å². The van der Waals surface area contributed by atoms with Gasteiger partial charge in [-0.3, -0.25) is 14.7 Å². The van der Waals surface area contributed by atoms with Crippen LogP contribution in [0.2, 0.25) is 0 Å². The molecule has 31 heavy (non-hydrogen) atoms. The van der Waals surface area contributed by atoms with Gasteiger partial charge in [0.05, 0.1) is 19.6 Å². The Bertz CT molecular complexity index is 1020. The minimum atomic E-state index is -0.171. The Hall–Kier alpha value is -2.96. The molecule has 0 aliphatic carbocycles. The van der Waals surface area contributed by atoms with E-state index in [1.807, 2.05) is 42.3 Å². The third-order valence-electron chi connectivity index (χ3n) is 5.60. The van der Waals surface area contributed by atoms with Crippen molar-refractivity contribution < 1.29 is 14.4 Å². The Morgan fingerprint density at radius 3 is 2.71 bits per heavy atom. The quantitative estimate of drug-likeness (QED) is 0.540. The number of aromatic nitrogens is 1. The fraction of sp³-hybridized carbons (Fsp3) is 0.360. The molecule has 6 heteroatoms. The van der Waals surface area contributed by atoms with E-state index >= 15 is 0 Å². The van der Waals surface area contributed by atoms with Crippen molar-refractivity contribution >= 4 is 16.9 Å². The monoisotopic (exact) mass is 419 g/mol. The molecule has 1 saturated heterocycles. The standard InChI is InChI=1S/C25H29N3O3/c1-3-30-24(29)16-22-18-28(15-14-27(22)17-20-11-9-19(2)10-12-20)31-23-8-4-6-21-7-5-13-26-25(21)23/h4-13,22H,3,14-18H2,1-2H3. The Morgan fingerprint density at radius 2 is 1.90 bits per heavy atom. The summed E-state index contributed by atoms with van der Waals surface area (Å²) in [7, 11) is 0. The number of piperazine rings is 1. The maximum Gasteiger partial charge on any atom is 0.307 e. The first-order chi connectivity index (χ1) is 15.1. The highest BCUT2D eigenvalue weighted by atomic mass is 16.7. The normalized spacial score (nSPS) is 17.5. The molecule has 1 aliphatic rings. The van der Waals surface area contributed by atoms with Gasteiger partial charge in [-0.15, -0.1) is 5.06 Å². The van der Waals surface area contributed by atoms with Gasteiger partial charge in [-0.2, -0.15) is 0 Å². The first kappa shape index (κ1) is 21.3. The van der Waals surface area contributed by atoms with E-state index in [9.17, 15) is 4.79 Å². The molecule has 0 N–H and O–H groups in total. The molecule has 2 aromatic carbocycles. The van der Waals surface area contributed by atoms with Crippen LogP contribution in [0.4, 0.5) is 0 Å². The first-order valence-electron chi connectivity index (χ1n) is 10.8. The summed E-state index contributed by atoms with van der Waals surface area (Å²) in [5.41, 5.74) is 3.33. The number of hydroxylamine groups is 2. The van der Waals surface area contributed by atoms with Crippen LogP contribution in [0.5, 0.6) is 5.75 Å². The van der Waals surface area contributed by atoms with E-state index in [4.69, 9.17) is 9.57 Å². The summed E-state index contributed by atoms with van der Waals surface area (Å²) in [6.45, 7) is 7.29. The van der Waals surface area contributed by atoms with Gasteiger partial charge in [0.25, 0.3) is 0 Å². The summed E-state index contributed by atoms with van der Waals surface area (Å²) >= 11 is 0. The number of hydrogen-bond acceptors (Lipinski definition) is 6. The van der Waals surface area contributed by atoms with Gasteiger partial charge in [0.15, 0.2) is 5.75 Å². The number of carbonyl (C=O) groups is 1. The van der Waals surface area contributed by atoms with E-state index in [1.165, 1.54) is 11.1 Å². The number of ether oxygens (including phenoxy) is 1. The third kappa shape index (κ3) is 5.40. The predicted molar refractivity (Wildman–Crippen MR) is 121 cm³/mol. The van der Waals surface area contributed by atoms with Crippen molar-refractivity contribution in [2.75, 3.05) is 26.2 Å². The zero-order chi connectivity index (χ0) is 21.6. The second-order valence-electron chi connectivity index (χ2n) is 7.93. The molecule has 162 valence electrons. The summed E-state index contributed by atoms with van der Waals surface area (Å²) in [4.78, 5) is 25.4. The summed E-state index contributed by atoms with van der Waals surface area (Å²) < 4.78 is 5.24. The zero-order valence-corrected chi connectivity index (χ0v) is 18.2. The number of aryl methyl sites for hydroxylation is 1. The Morgan fingerprint density at radius 1 is 1.10 bits per heavy atom. The summed E-state index contributed by atoms with van der Waals surface area (Å²) in [5, 5.41) is 2.99. The molecule has 6 nitrogen and oxygen atoms in total. The lowest BCUT2D eigenvalue weighted by Gasteiger charge is -2.40. The number of nitrogens with zero attached hydrogens (tertiary/aromatic N) is 3. The summed E-state index contributed by atoms with van der Waals surface area (Å²) in [5.74, 6) is 0.565. The second kappa shape index (κ2) is 9.90. The second-order valence-corrected chi connectivity index (χ2v) is 7.93. The fourth-order valence-corrected chi connectivity index (χ4v) is 3.98. The van der Waals surface area contributed by atoms with Crippen molar-refractivity contribution in [2.24, 2.45) is 0 Å². The van der Waals surface area contributed by atoms with Gasteiger partial charge in [-0.25, -0.2) is 0 Å². The molecule has 0 bridgehead atoms. The minimum absolute atomic E-state index is 0.0111. The van der Waals surface area contributed by atoms with E-state index in [-0.39, 0.29) is 12.0 Å². The average molecular weight is 420 g/mol. The van der Waals surface area contributed by atoms with Crippen LogP contribution in [-0.2, 0) is 16.1 Å². The van der Waals surface area contributed by atoms with Gasteiger partial charge in [-0.05, 0) is 31.5 Å². The number of fused-ring (bicyclic) bond motifs is 1. The number of pyridine rings is 1. The van der Waals surface area contributed by atoms with Crippen LogP contribution in [0.25, 0.3) is 10.9 Å². The number of para-hydroxylation sites is 1. The largest absolute Gasteiger partial charge is 0.466 e. The van der Waals surface area contributed by atoms with Crippen molar-refractivity contribution in [3.8, 4) is 5.75 Å². The first-order valence-corrected chi connectivity index (χ1v) is 10.8. The molecule has 1 unspecified atom stereocenters. The van der Waals surface area contributed by atoms with Crippen LogP contribution in [0.3, 0.4) is 0 Å². The van der Waals surface area contributed by atoms with Gasteiger partial charge in [0.2, 0.25) is 0 Å². The average Bonchev–Trinajstić information content (AvgIpc) is 2.77. The smallest absolute Gasteiger partial charge is 0.307 e. The molecule has 1 fully saturated rings. The molecule has 1 aliphatic heterocycles. The molecular weight excluding hydrogens is 390 g/mol. The van der Waals surface area contributed by atoms with Gasteiger partial charge >= 0.3 is 5.97 Å². The number of rotatable bonds is 7. The van der Waals surface area contributed by atoms with E-state index < -0.39 is 0 Å². The van der Waals surface area contributed by atoms with E-state index in [2.05, 4.69) is 41.1 Å². The number of esters is 1. The lowest BCUT2D eigenvalue weighted by Crippen LogP contribution is -2.54. The predicted octanol–water partition coefficient (Wildman–Crippen LogP) is 3.98. The lowest BCUT2D eigenvalue weighted by molar-refractivity contribution is -0.149. The minimum Gasteiger partial charge on any atom is -0.466 e. The van der Waals surface area contributed by atoms with Crippen LogP contribution in [0.1, 0.15) is 24.5 Å². The molecule has 0 amide bonds. The molecule has 4 rings (SSSR count). The Balaban J connectivity index is 1.49. The third-order valence-corrected chi connectivity index (χ3v) is 5.60. The molecule has 3 aromatic rings. The van der Waals surface area contributed by atoms with E-state index in [0.29, 0.717) is 19.6 Å². The Labute approximate surface area is 183 Å². The molecule has 0 radical (unpaired) electrons. The molecule has 1 aromatic heterocycles. The van der Waals surface area contributed by atoms with Crippen molar-refractivity contribution in [2.45, 2.75) is 32.9 Å². The number of carbonyl (C=O) groups excluding carboxylic acids is 1. The van der Waals surface area contributed by atoms with E-state index in [1.54, 1.807) is 6.20 Å². The SMILES string of the molecule is CCOC(=O)CC1CN(Oc2cccc3cccnc23)CCN1Cc1ccc(C)cc1. The maximum absolute atomic E-state index is 12.3. The highest BCUT2D eigenvalue weighted by molar-refractivity contribution is 5.84. The van der Waals surface area contributed by atoms with Crippen LogP contribution < -0.4 is 4.84 Å². The molecule has 2 heterocycles. The highest BCUT2D eigenvalue weighted by Gasteiger charge is 2.30. The maximum atomic E-state index is 12.3. The van der Waals surface area contributed by atoms with Crippen molar-refractivity contribution in [1.29, 1.82) is 0 Å². The van der Waals surface area contributed by atoms with Crippen LogP contribution in [0.15, 0.2) is 60.8 Å². The Kier molecular flexibility index (Phi) is 6.79. The summed E-state index contributed by atoms with van der Waals surface area (Å²) in [6, 6.07) is 18.5. The number of benzene rings is 2. The van der Waals surface area contributed by atoms with Crippen molar-refractivity contribution in [3.63, 3.8) is 0 Å². The molecule has 0 saturated carbocycles. The topological polar surface area (TPSA) is 54.9 Å². The van der Waals surface area contributed by atoms with Crippen molar-refractivity contribution in [1.82, 2.24) is 14.9 Å².